The Balaban J connectivity index is 2.56. The Bertz CT molecular complexity index is 289. The molecule has 2 atom stereocenters. The van der Waals surface area contributed by atoms with Crippen LogP contribution >= 0.6 is 0 Å². The van der Waals surface area contributed by atoms with Gasteiger partial charge in [-0.3, -0.25) is 0 Å². The number of aliphatic hydroxyl groups is 1. The van der Waals surface area contributed by atoms with E-state index in [0.717, 1.165) is 5.56 Å². The first-order chi connectivity index (χ1) is 6.24. The summed E-state index contributed by atoms with van der Waals surface area (Å²) >= 11 is 0. The molecule has 0 saturated heterocycles. The van der Waals surface area contributed by atoms with Crippen LogP contribution in [0, 0.1) is 12.3 Å². The zero-order valence-electron chi connectivity index (χ0n) is 7.35. The molecule has 2 heteroatoms. The van der Waals surface area contributed by atoms with Gasteiger partial charge in [0.1, 0.15) is 6.10 Å². The Morgan fingerprint density at radius 3 is 2.54 bits per heavy atom. The minimum absolute atomic E-state index is 0.382. The van der Waals surface area contributed by atoms with Gasteiger partial charge in [0.2, 0.25) is 0 Å². The molecule has 0 fully saturated rings. The summed E-state index contributed by atoms with van der Waals surface area (Å²) < 4.78 is 0. The van der Waals surface area contributed by atoms with Gasteiger partial charge < -0.3 is 10.8 Å². The van der Waals surface area contributed by atoms with Crippen molar-refractivity contribution in [3.8, 4) is 12.3 Å². The normalized spacial score (nSPS) is 14.5. The number of hydrogen-bond acceptors (Lipinski definition) is 2. The Labute approximate surface area is 78.4 Å². The van der Waals surface area contributed by atoms with Gasteiger partial charge in [-0.05, 0) is 12.0 Å². The topological polar surface area (TPSA) is 46.2 Å². The van der Waals surface area contributed by atoms with E-state index in [4.69, 9.17) is 12.2 Å². The molecular weight excluding hydrogens is 162 g/mol. The molecule has 1 aromatic carbocycles. The summed E-state index contributed by atoms with van der Waals surface area (Å²) in [5.74, 6) is 2.22. The summed E-state index contributed by atoms with van der Waals surface area (Å²) in [6.07, 6.45) is 4.79. The van der Waals surface area contributed by atoms with E-state index < -0.39 is 6.10 Å². The zero-order chi connectivity index (χ0) is 9.68. The van der Waals surface area contributed by atoms with Crippen LogP contribution in [0.25, 0.3) is 0 Å². The lowest BCUT2D eigenvalue weighted by atomic mass is 10.0. The van der Waals surface area contributed by atoms with Crippen LogP contribution in [-0.2, 0) is 6.42 Å². The van der Waals surface area contributed by atoms with Crippen LogP contribution in [-0.4, -0.2) is 17.3 Å². The van der Waals surface area contributed by atoms with Gasteiger partial charge in [0.25, 0.3) is 0 Å². The molecule has 0 aliphatic heterocycles. The molecule has 0 amide bonds. The highest BCUT2D eigenvalue weighted by molar-refractivity contribution is 5.17. The smallest absolute Gasteiger partial charge is 0.129 e. The third-order valence-electron chi connectivity index (χ3n) is 1.89. The maximum atomic E-state index is 9.23. The Morgan fingerprint density at radius 1 is 1.38 bits per heavy atom. The fourth-order valence-electron chi connectivity index (χ4n) is 1.12. The zero-order valence-corrected chi connectivity index (χ0v) is 7.35. The number of aliphatic hydroxyl groups excluding tert-OH is 1. The summed E-state index contributed by atoms with van der Waals surface area (Å²) in [5.41, 5.74) is 6.75. The van der Waals surface area contributed by atoms with Crippen molar-refractivity contribution in [2.24, 2.45) is 5.73 Å². The first kappa shape index (κ1) is 9.79. The highest BCUT2D eigenvalue weighted by Gasteiger charge is 2.11. The van der Waals surface area contributed by atoms with Crippen LogP contribution in [0.4, 0.5) is 0 Å². The molecule has 0 saturated carbocycles. The minimum Gasteiger partial charge on any atom is -0.379 e. The van der Waals surface area contributed by atoms with Gasteiger partial charge in [-0.2, -0.15) is 0 Å². The quantitative estimate of drug-likeness (QED) is 0.659. The molecule has 1 rings (SSSR count). The van der Waals surface area contributed by atoms with E-state index in [1.807, 2.05) is 30.3 Å². The van der Waals surface area contributed by atoms with Gasteiger partial charge in [-0.25, -0.2) is 0 Å². The van der Waals surface area contributed by atoms with Gasteiger partial charge in [0, 0.05) is 6.04 Å². The molecule has 0 spiro atoms. The fraction of sp³-hybridized carbons (Fsp3) is 0.273. The van der Waals surface area contributed by atoms with Crippen LogP contribution in [0.1, 0.15) is 5.56 Å². The standard InChI is InChI=1S/C11H13NO/c1-2-11(13)10(12)8-9-6-4-3-5-7-9/h1,3-7,10-11,13H,8,12H2. The van der Waals surface area contributed by atoms with E-state index >= 15 is 0 Å². The SMILES string of the molecule is C#CC(O)C(N)Cc1ccccc1. The molecule has 0 radical (unpaired) electrons. The van der Waals surface area contributed by atoms with Crippen molar-refractivity contribution in [2.75, 3.05) is 0 Å². The molecule has 2 nitrogen and oxygen atoms in total. The van der Waals surface area contributed by atoms with Gasteiger partial charge >= 0.3 is 0 Å². The second-order valence-corrected chi connectivity index (χ2v) is 2.97. The van der Waals surface area contributed by atoms with Crippen molar-refractivity contribution in [3.63, 3.8) is 0 Å². The fourth-order valence-corrected chi connectivity index (χ4v) is 1.12. The maximum absolute atomic E-state index is 9.23. The molecule has 2 unspecified atom stereocenters. The largest absolute Gasteiger partial charge is 0.379 e. The van der Waals surface area contributed by atoms with Crippen LogP contribution in [0.15, 0.2) is 30.3 Å². The van der Waals surface area contributed by atoms with E-state index in [1.54, 1.807) is 0 Å². The lowest BCUT2D eigenvalue weighted by Crippen LogP contribution is -2.35. The second-order valence-electron chi connectivity index (χ2n) is 2.97. The third-order valence-corrected chi connectivity index (χ3v) is 1.89. The van der Waals surface area contributed by atoms with Crippen molar-refractivity contribution in [1.29, 1.82) is 0 Å². The first-order valence-corrected chi connectivity index (χ1v) is 4.17. The number of benzene rings is 1. The maximum Gasteiger partial charge on any atom is 0.129 e. The van der Waals surface area contributed by atoms with Crippen molar-refractivity contribution in [1.82, 2.24) is 0 Å². The highest BCUT2D eigenvalue weighted by atomic mass is 16.3. The van der Waals surface area contributed by atoms with Crippen LogP contribution < -0.4 is 5.73 Å². The van der Waals surface area contributed by atoms with Gasteiger partial charge in [-0.15, -0.1) is 6.42 Å². The molecule has 0 heterocycles. The monoisotopic (exact) mass is 175 g/mol. The first-order valence-electron chi connectivity index (χ1n) is 4.17. The van der Waals surface area contributed by atoms with E-state index in [0.29, 0.717) is 6.42 Å². The molecule has 68 valence electrons. The lowest BCUT2D eigenvalue weighted by molar-refractivity contribution is 0.200. The highest BCUT2D eigenvalue weighted by Crippen LogP contribution is 2.03. The third kappa shape index (κ3) is 2.90. The van der Waals surface area contributed by atoms with Crippen LogP contribution in [0.3, 0.4) is 0 Å². The number of terminal acetylenes is 1. The lowest BCUT2D eigenvalue weighted by Gasteiger charge is -2.13. The number of nitrogens with two attached hydrogens (primary N) is 1. The molecule has 0 bridgehead atoms. The summed E-state index contributed by atoms with van der Waals surface area (Å²) in [6, 6.07) is 9.35. The van der Waals surface area contributed by atoms with Crippen molar-refractivity contribution >= 4 is 0 Å². The van der Waals surface area contributed by atoms with Crippen molar-refractivity contribution < 1.29 is 5.11 Å². The van der Waals surface area contributed by atoms with Gasteiger partial charge in [0.15, 0.2) is 0 Å². The Hall–Kier alpha value is -1.30. The Morgan fingerprint density at radius 2 is 2.00 bits per heavy atom. The van der Waals surface area contributed by atoms with E-state index in [1.165, 1.54) is 0 Å². The van der Waals surface area contributed by atoms with Gasteiger partial charge in [-0.1, -0.05) is 36.3 Å². The summed E-state index contributed by atoms with van der Waals surface area (Å²) in [4.78, 5) is 0. The molecule has 0 aliphatic rings. The van der Waals surface area contributed by atoms with Crippen molar-refractivity contribution in [2.45, 2.75) is 18.6 Å². The van der Waals surface area contributed by atoms with E-state index in [9.17, 15) is 5.11 Å². The predicted octanol–water partition coefficient (Wildman–Crippen LogP) is 0.550. The van der Waals surface area contributed by atoms with E-state index in [-0.39, 0.29) is 6.04 Å². The predicted molar refractivity (Wildman–Crippen MR) is 53.0 cm³/mol. The minimum atomic E-state index is -0.861. The Kier molecular flexibility index (Phi) is 3.51. The van der Waals surface area contributed by atoms with Crippen LogP contribution in [0.5, 0.6) is 0 Å². The molecule has 3 N–H and O–H groups in total. The average Bonchev–Trinajstić information content (AvgIpc) is 2.18. The summed E-state index contributed by atoms with van der Waals surface area (Å²) in [7, 11) is 0. The molecule has 0 aromatic heterocycles. The van der Waals surface area contributed by atoms with Gasteiger partial charge in [0.05, 0.1) is 0 Å². The van der Waals surface area contributed by atoms with Crippen molar-refractivity contribution in [3.05, 3.63) is 35.9 Å². The second kappa shape index (κ2) is 4.66. The summed E-state index contributed by atoms with van der Waals surface area (Å²) in [6.45, 7) is 0. The van der Waals surface area contributed by atoms with E-state index in [2.05, 4.69) is 5.92 Å². The van der Waals surface area contributed by atoms with Crippen LogP contribution in [0.2, 0.25) is 0 Å². The molecule has 1 aromatic rings. The molecule has 0 aliphatic carbocycles. The number of hydrogen-bond donors (Lipinski definition) is 2. The number of rotatable bonds is 3. The average molecular weight is 175 g/mol. The molecular formula is C11H13NO. The molecule has 13 heavy (non-hydrogen) atoms. The summed E-state index contributed by atoms with van der Waals surface area (Å²) in [5, 5.41) is 9.23.